The van der Waals surface area contributed by atoms with E-state index in [2.05, 4.69) is 11.0 Å². The molecule has 4 nitrogen and oxygen atoms in total. The Bertz CT molecular complexity index is 624. The molecule has 0 radical (unpaired) electrons. The Hall–Kier alpha value is -1.07. The number of phenolic OH excluding ortho intramolecular Hbond substituents is 1. The van der Waals surface area contributed by atoms with Crippen molar-refractivity contribution in [2.45, 2.75) is 38.3 Å². The van der Waals surface area contributed by atoms with Gasteiger partial charge in [0.1, 0.15) is 5.75 Å². The molecule has 5 heteroatoms. The third-order valence-electron chi connectivity index (χ3n) is 4.54. The van der Waals surface area contributed by atoms with Crippen molar-refractivity contribution in [2.24, 2.45) is 0 Å². The first-order chi connectivity index (χ1) is 9.44. The van der Waals surface area contributed by atoms with Crippen LogP contribution in [0.1, 0.15) is 29.5 Å². The number of aryl methyl sites for hydroxylation is 2. The summed E-state index contributed by atoms with van der Waals surface area (Å²) in [5, 5.41) is 10.1. The summed E-state index contributed by atoms with van der Waals surface area (Å²) in [6.07, 6.45) is 4.00. The molecule has 1 saturated heterocycles. The Labute approximate surface area is 120 Å². The standard InChI is InChI=1S/C15H21NO3S/c1-16(14-5-6-20(18,19)10-14)9-13-7-11-3-2-4-12(11)8-15(13)17/h7-8,14,17H,2-6,9-10H2,1H3/t14-/m1/s1. The normalized spacial score (nSPS) is 24.2. The molecule has 0 saturated carbocycles. The first-order valence-corrected chi connectivity index (χ1v) is 9.01. The molecule has 1 N–H and O–H groups in total. The van der Waals surface area contributed by atoms with Crippen LogP contribution in [0.4, 0.5) is 0 Å². The Morgan fingerprint density at radius 2 is 2.00 bits per heavy atom. The lowest BCUT2D eigenvalue weighted by molar-refractivity contribution is 0.250. The number of hydrogen-bond donors (Lipinski definition) is 1. The maximum atomic E-state index is 11.5. The minimum Gasteiger partial charge on any atom is -0.508 e. The van der Waals surface area contributed by atoms with Gasteiger partial charge < -0.3 is 5.11 Å². The van der Waals surface area contributed by atoms with Crippen molar-refractivity contribution < 1.29 is 13.5 Å². The van der Waals surface area contributed by atoms with Crippen LogP contribution < -0.4 is 0 Å². The van der Waals surface area contributed by atoms with Crippen LogP contribution in [0.25, 0.3) is 0 Å². The van der Waals surface area contributed by atoms with Gasteiger partial charge in [-0.05, 0) is 49.9 Å². The third kappa shape index (κ3) is 2.69. The van der Waals surface area contributed by atoms with Gasteiger partial charge in [-0.1, -0.05) is 6.07 Å². The van der Waals surface area contributed by atoms with Crippen LogP contribution in [0.5, 0.6) is 5.75 Å². The van der Waals surface area contributed by atoms with E-state index in [0.717, 1.165) is 24.8 Å². The van der Waals surface area contributed by atoms with E-state index in [1.54, 1.807) is 0 Å². The maximum Gasteiger partial charge on any atom is 0.151 e. The molecular weight excluding hydrogens is 274 g/mol. The van der Waals surface area contributed by atoms with E-state index in [9.17, 15) is 13.5 Å². The van der Waals surface area contributed by atoms with Crippen molar-refractivity contribution >= 4 is 9.84 Å². The smallest absolute Gasteiger partial charge is 0.151 e. The van der Waals surface area contributed by atoms with Crippen LogP contribution in [0.3, 0.4) is 0 Å². The molecule has 1 fully saturated rings. The predicted octanol–water partition coefficient (Wildman–Crippen LogP) is 1.50. The van der Waals surface area contributed by atoms with Gasteiger partial charge in [0.05, 0.1) is 11.5 Å². The van der Waals surface area contributed by atoms with Crippen molar-refractivity contribution in [1.29, 1.82) is 0 Å². The quantitative estimate of drug-likeness (QED) is 0.918. The minimum atomic E-state index is -2.86. The van der Waals surface area contributed by atoms with Gasteiger partial charge in [0.2, 0.25) is 0 Å². The van der Waals surface area contributed by atoms with Crippen molar-refractivity contribution in [3.05, 3.63) is 28.8 Å². The second kappa shape index (κ2) is 5.04. The van der Waals surface area contributed by atoms with Crippen LogP contribution in [0.2, 0.25) is 0 Å². The Morgan fingerprint density at radius 3 is 2.65 bits per heavy atom. The molecule has 0 spiro atoms. The van der Waals surface area contributed by atoms with Gasteiger partial charge in [-0.25, -0.2) is 8.42 Å². The molecule has 1 aliphatic heterocycles. The highest BCUT2D eigenvalue weighted by molar-refractivity contribution is 7.91. The molecule has 0 unspecified atom stereocenters. The Kier molecular flexibility index (Phi) is 3.50. The zero-order valence-electron chi connectivity index (χ0n) is 11.8. The summed E-state index contributed by atoms with van der Waals surface area (Å²) in [4.78, 5) is 2.06. The fourth-order valence-electron chi connectivity index (χ4n) is 3.31. The van der Waals surface area contributed by atoms with Crippen LogP contribution >= 0.6 is 0 Å². The molecule has 1 aromatic carbocycles. The van der Waals surface area contributed by atoms with E-state index >= 15 is 0 Å². The average Bonchev–Trinajstić information content (AvgIpc) is 2.95. The molecule has 1 heterocycles. The number of fused-ring (bicyclic) bond motifs is 1. The molecule has 0 aromatic heterocycles. The Balaban J connectivity index is 1.75. The molecule has 1 aliphatic carbocycles. The van der Waals surface area contributed by atoms with Crippen molar-refractivity contribution in [3.63, 3.8) is 0 Å². The van der Waals surface area contributed by atoms with Crippen LogP contribution in [-0.4, -0.2) is 43.0 Å². The second-order valence-corrected chi connectivity index (χ2v) is 8.30. The molecule has 2 aliphatic rings. The lowest BCUT2D eigenvalue weighted by Gasteiger charge is -2.23. The number of phenols is 1. The topological polar surface area (TPSA) is 57.6 Å². The largest absolute Gasteiger partial charge is 0.508 e. The highest BCUT2D eigenvalue weighted by Gasteiger charge is 2.30. The lowest BCUT2D eigenvalue weighted by Crippen LogP contribution is -2.32. The van der Waals surface area contributed by atoms with E-state index in [0.29, 0.717) is 18.7 Å². The maximum absolute atomic E-state index is 11.5. The zero-order valence-corrected chi connectivity index (χ0v) is 12.6. The van der Waals surface area contributed by atoms with E-state index in [-0.39, 0.29) is 17.5 Å². The van der Waals surface area contributed by atoms with Crippen molar-refractivity contribution in [2.75, 3.05) is 18.6 Å². The first kappa shape index (κ1) is 13.9. The highest BCUT2D eigenvalue weighted by atomic mass is 32.2. The summed E-state index contributed by atoms with van der Waals surface area (Å²) in [6, 6.07) is 4.06. The first-order valence-electron chi connectivity index (χ1n) is 7.19. The average molecular weight is 295 g/mol. The Morgan fingerprint density at radius 1 is 1.30 bits per heavy atom. The fraction of sp³-hybridized carbons (Fsp3) is 0.600. The molecule has 1 atom stereocenters. The summed E-state index contributed by atoms with van der Waals surface area (Å²) in [5.41, 5.74) is 3.51. The summed E-state index contributed by atoms with van der Waals surface area (Å²) >= 11 is 0. The van der Waals surface area contributed by atoms with E-state index in [1.165, 1.54) is 11.1 Å². The van der Waals surface area contributed by atoms with Gasteiger partial charge in [0, 0.05) is 18.2 Å². The molecular formula is C15H21NO3S. The van der Waals surface area contributed by atoms with E-state index in [4.69, 9.17) is 0 Å². The molecule has 0 bridgehead atoms. The van der Waals surface area contributed by atoms with Crippen LogP contribution in [-0.2, 0) is 29.2 Å². The number of nitrogens with zero attached hydrogens (tertiary/aromatic N) is 1. The molecule has 1 aromatic rings. The number of aromatic hydroxyl groups is 1. The number of hydrogen-bond acceptors (Lipinski definition) is 4. The summed E-state index contributed by atoms with van der Waals surface area (Å²) in [7, 11) is -0.914. The second-order valence-electron chi connectivity index (χ2n) is 6.08. The van der Waals surface area contributed by atoms with Crippen LogP contribution in [0.15, 0.2) is 12.1 Å². The van der Waals surface area contributed by atoms with E-state index < -0.39 is 9.84 Å². The van der Waals surface area contributed by atoms with Gasteiger partial charge >= 0.3 is 0 Å². The highest BCUT2D eigenvalue weighted by Crippen LogP contribution is 2.30. The number of benzene rings is 1. The van der Waals surface area contributed by atoms with Gasteiger partial charge in [-0.15, -0.1) is 0 Å². The predicted molar refractivity (Wildman–Crippen MR) is 78.7 cm³/mol. The van der Waals surface area contributed by atoms with Crippen LogP contribution in [0, 0.1) is 0 Å². The third-order valence-corrected chi connectivity index (χ3v) is 6.29. The molecule has 0 amide bonds. The van der Waals surface area contributed by atoms with Crippen molar-refractivity contribution in [1.82, 2.24) is 4.90 Å². The molecule has 3 rings (SSSR count). The monoisotopic (exact) mass is 295 g/mol. The number of sulfone groups is 1. The van der Waals surface area contributed by atoms with Gasteiger partial charge in [0.15, 0.2) is 9.84 Å². The van der Waals surface area contributed by atoms with Crippen molar-refractivity contribution in [3.8, 4) is 5.75 Å². The summed E-state index contributed by atoms with van der Waals surface area (Å²) < 4.78 is 23.1. The van der Waals surface area contributed by atoms with Gasteiger partial charge in [0.25, 0.3) is 0 Å². The van der Waals surface area contributed by atoms with Gasteiger partial charge in [-0.3, -0.25) is 4.90 Å². The van der Waals surface area contributed by atoms with E-state index in [1.807, 2.05) is 13.1 Å². The SMILES string of the molecule is CN(Cc1cc2c(cc1O)CCC2)[C@@H]1CCS(=O)(=O)C1. The molecule has 110 valence electrons. The van der Waals surface area contributed by atoms with Gasteiger partial charge in [-0.2, -0.15) is 0 Å². The summed E-state index contributed by atoms with van der Waals surface area (Å²) in [6.45, 7) is 0.610. The summed E-state index contributed by atoms with van der Waals surface area (Å²) in [5.74, 6) is 0.881. The lowest BCUT2D eigenvalue weighted by atomic mass is 10.0. The molecule has 20 heavy (non-hydrogen) atoms. The number of rotatable bonds is 3. The zero-order chi connectivity index (χ0) is 14.3. The fourth-order valence-corrected chi connectivity index (χ4v) is 5.11. The minimum absolute atomic E-state index is 0.0765.